The topological polar surface area (TPSA) is 55.4 Å². The van der Waals surface area contributed by atoms with Gasteiger partial charge in [-0.2, -0.15) is 0 Å². The molecule has 1 N–H and O–H groups in total. The number of amides is 1. The van der Waals surface area contributed by atoms with E-state index in [2.05, 4.69) is 0 Å². The number of hydrogen-bond acceptors (Lipinski definition) is 3. The van der Waals surface area contributed by atoms with Crippen LogP contribution in [0.5, 0.6) is 0 Å². The highest BCUT2D eigenvalue weighted by Gasteiger charge is 2.17. The van der Waals surface area contributed by atoms with Crippen molar-refractivity contribution in [1.29, 1.82) is 0 Å². The molecular weight excluding hydrogens is 395 g/mol. The highest BCUT2D eigenvalue weighted by molar-refractivity contribution is 5.96. The van der Waals surface area contributed by atoms with E-state index >= 15 is 0 Å². The second kappa shape index (κ2) is 9.73. The van der Waals surface area contributed by atoms with Crippen molar-refractivity contribution in [2.24, 2.45) is 0 Å². The molecule has 0 spiro atoms. The number of carbonyl (C=O) groups excluding carboxylic acids is 2. The van der Waals surface area contributed by atoms with E-state index in [1.54, 1.807) is 24.3 Å². The molecule has 0 saturated carbocycles. The van der Waals surface area contributed by atoms with Gasteiger partial charge >= 0.3 is 5.97 Å². The summed E-state index contributed by atoms with van der Waals surface area (Å²) in [6.45, 7) is -0.704. The number of esters is 1. The van der Waals surface area contributed by atoms with Gasteiger partial charge in [0.15, 0.2) is 24.1 Å². The van der Waals surface area contributed by atoms with Gasteiger partial charge in [0, 0.05) is 0 Å². The Morgan fingerprint density at radius 2 is 1.50 bits per heavy atom. The van der Waals surface area contributed by atoms with Crippen LogP contribution in [0.15, 0.2) is 66.7 Å². The number of halogens is 3. The fraction of sp³-hybridized carbons (Fsp3) is 0.130. The van der Waals surface area contributed by atoms with Gasteiger partial charge in [-0.25, -0.2) is 18.0 Å². The summed E-state index contributed by atoms with van der Waals surface area (Å²) >= 11 is 0. The number of aryl methyl sites for hydroxylation is 2. The molecule has 3 rings (SSSR count). The minimum absolute atomic E-state index is 0.320. The summed E-state index contributed by atoms with van der Waals surface area (Å²) in [5.74, 6) is -6.18. The molecule has 0 aliphatic heterocycles. The molecule has 0 fully saturated rings. The minimum atomic E-state index is -1.70. The average Bonchev–Trinajstić information content (AvgIpc) is 2.77. The summed E-state index contributed by atoms with van der Waals surface area (Å²) in [6, 6.07) is 18.2. The maximum absolute atomic E-state index is 13.6. The van der Waals surface area contributed by atoms with E-state index in [0.717, 1.165) is 23.6 Å². The Morgan fingerprint density at radius 1 is 0.800 bits per heavy atom. The molecule has 3 aromatic rings. The molecule has 0 bridgehead atoms. The lowest BCUT2D eigenvalue weighted by atomic mass is 10.00. The van der Waals surface area contributed by atoms with Crippen LogP contribution in [0.4, 0.5) is 18.9 Å². The molecule has 0 aromatic heterocycles. The second-order valence-corrected chi connectivity index (χ2v) is 6.49. The van der Waals surface area contributed by atoms with Gasteiger partial charge in [-0.1, -0.05) is 48.5 Å². The summed E-state index contributed by atoms with van der Waals surface area (Å²) in [7, 11) is 0. The van der Waals surface area contributed by atoms with Crippen molar-refractivity contribution in [2.75, 3.05) is 11.9 Å². The first-order valence-electron chi connectivity index (χ1n) is 9.18. The second-order valence-electron chi connectivity index (χ2n) is 6.49. The number of hydrogen-bond donors (Lipinski definition) is 1. The van der Waals surface area contributed by atoms with Crippen molar-refractivity contribution in [1.82, 2.24) is 0 Å². The molecule has 1 amide bonds. The average molecular weight is 413 g/mol. The van der Waals surface area contributed by atoms with E-state index in [1.165, 1.54) is 0 Å². The first kappa shape index (κ1) is 21.1. The number of nitrogens with one attached hydrogen (secondary N) is 1. The fourth-order valence-electron chi connectivity index (χ4n) is 2.88. The van der Waals surface area contributed by atoms with Crippen LogP contribution in [0.3, 0.4) is 0 Å². The predicted octanol–water partition coefficient (Wildman–Crippen LogP) is 4.68. The molecular formula is C23H18F3NO3. The SMILES string of the molecule is O=C(COC(=O)c1ccccc1CCc1ccccc1)Nc1ccc(F)c(F)c1F. The third kappa shape index (κ3) is 5.26. The third-order valence-corrected chi connectivity index (χ3v) is 4.41. The van der Waals surface area contributed by atoms with Crippen LogP contribution in [0.25, 0.3) is 0 Å². The predicted molar refractivity (Wildman–Crippen MR) is 106 cm³/mol. The molecule has 30 heavy (non-hydrogen) atoms. The number of benzene rings is 3. The minimum Gasteiger partial charge on any atom is -0.452 e. The molecule has 4 nitrogen and oxygen atoms in total. The lowest BCUT2D eigenvalue weighted by Gasteiger charge is -2.11. The van der Waals surface area contributed by atoms with Crippen LogP contribution >= 0.6 is 0 Å². The van der Waals surface area contributed by atoms with E-state index in [1.807, 2.05) is 35.6 Å². The van der Waals surface area contributed by atoms with E-state index in [-0.39, 0.29) is 0 Å². The standard InChI is InChI=1S/C23H18F3NO3/c24-18-12-13-19(22(26)21(18)25)27-20(28)14-30-23(29)17-9-5-4-8-16(17)11-10-15-6-2-1-3-7-15/h1-9,12-13H,10-11,14H2,(H,27,28). The smallest absolute Gasteiger partial charge is 0.338 e. The highest BCUT2D eigenvalue weighted by atomic mass is 19.2. The van der Waals surface area contributed by atoms with Crippen molar-refractivity contribution in [2.45, 2.75) is 12.8 Å². The molecule has 0 heterocycles. The van der Waals surface area contributed by atoms with Gasteiger partial charge in [0.25, 0.3) is 5.91 Å². The van der Waals surface area contributed by atoms with Crippen LogP contribution in [-0.4, -0.2) is 18.5 Å². The Balaban J connectivity index is 1.60. The van der Waals surface area contributed by atoms with Crippen molar-refractivity contribution in [3.05, 3.63) is 101 Å². The molecule has 0 saturated heterocycles. The fourth-order valence-corrected chi connectivity index (χ4v) is 2.88. The Hall–Kier alpha value is -3.61. The summed E-state index contributed by atoms with van der Waals surface area (Å²) in [5, 5.41) is 2.05. The Labute approximate surface area is 171 Å². The molecule has 0 aliphatic rings. The summed E-state index contributed by atoms with van der Waals surface area (Å²) in [6.07, 6.45) is 1.32. The number of anilines is 1. The van der Waals surface area contributed by atoms with Gasteiger partial charge in [-0.05, 0) is 42.2 Å². The van der Waals surface area contributed by atoms with Crippen molar-refractivity contribution in [3.8, 4) is 0 Å². The lowest BCUT2D eigenvalue weighted by Crippen LogP contribution is -2.22. The van der Waals surface area contributed by atoms with Crippen LogP contribution in [-0.2, 0) is 22.4 Å². The van der Waals surface area contributed by atoms with Gasteiger partial charge in [0.1, 0.15) is 0 Å². The van der Waals surface area contributed by atoms with E-state index in [9.17, 15) is 22.8 Å². The van der Waals surface area contributed by atoms with Crippen LogP contribution in [0.2, 0.25) is 0 Å². The summed E-state index contributed by atoms with van der Waals surface area (Å²) in [5.41, 5.74) is 1.66. The number of rotatable bonds is 7. The normalized spacial score (nSPS) is 10.5. The first-order valence-corrected chi connectivity index (χ1v) is 9.18. The van der Waals surface area contributed by atoms with Gasteiger partial charge in [-0.3, -0.25) is 4.79 Å². The number of ether oxygens (including phenoxy) is 1. The highest BCUT2D eigenvalue weighted by Crippen LogP contribution is 2.19. The third-order valence-electron chi connectivity index (χ3n) is 4.41. The van der Waals surface area contributed by atoms with Crippen LogP contribution in [0, 0.1) is 17.5 Å². The zero-order valence-corrected chi connectivity index (χ0v) is 15.8. The van der Waals surface area contributed by atoms with Crippen LogP contribution < -0.4 is 5.32 Å². The summed E-state index contributed by atoms with van der Waals surface area (Å²) in [4.78, 5) is 24.3. The molecule has 3 aromatic carbocycles. The Bertz CT molecular complexity index is 1050. The molecule has 154 valence electrons. The maximum atomic E-state index is 13.6. The van der Waals surface area contributed by atoms with Crippen LogP contribution in [0.1, 0.15) is 21.5 Å². The van der Waals surface area contributed by atoms with Gasteiger partial charge in [0.05, 0.1) is 11.3 Å². The van der Waals surface area contributed by atoms with E-state index in [0.29, 0.717) is 18.1 Å². The van der Waals surface area contributed by atoms with Gasteiger partial charge < -0.3 is 10.1 Å². The van der Waals surface area contributed by atoms with E-state index < -0.39 is 41.6 Å². The maximum Gasteiger partial charge on any atom is 0.338 e. The van der Waals surface area contributed by atoms with Gasteiger partial charge in [-0.15, -0.1) is 0 Å². The lowest BCUT2D eigenvalue weighted by molar-refractivity contribution is -0.119. The number of carbonyl (C=O) groups is 2. The molecule has 0 radical (unpaired) electrons. The van der Waals surface area contributed by atoms with Gasteiger partial charge in [0.2, 0.25) is 0 Å². The Kier molecular flexibility index (Phi) is 6.85. The van der Waals surface area contributed by atoms with Crippen molar-refractivity contribution in [3.63, 3.8) is 0 Å². The quantitative estimate of drug-likeness (QED) is 0.452. The Morgan fingerprint density at radius 3 is 2.27 bits per heavy atom. The zero-order chi connectivity index (χ0) is 21.5. The molecule has 7 heteroatoms. The summed E-state index contributed by atoms with van der Waals surface area (Å²) < 4.78 is 44.8. The zero-order valence-electron chi connectivity index (χ0n) is 15.8. The molecule has 0 atom stereocenters. The largest absolute Gasteiger partial charge is 0.452 e. The molecule has 0 unspecified atom stereocenters. The van der Waals surface area contributed by atoms with Crippen molar-refractivity contribution < 1.29 is 27.5 Å². The molecule has 0 aliphatic carbocycles. The first-order chi connectivity index (χ1) is 14.5. The monoisotopic (exact) mass is 413 g/mol. The van der Waals surface area contributed by atoms with E-state index in [4.69, 9.17) is 4.74 Å². The van der Waals surface area contributed by atoms with Crippen molar-refractivity contribution >= 4 is 17.6 Å².